The molecule has 0 radical (unpaired) electrons. The van der Waals surface area contributed by atoms with Crippen LogP contribution in [0.25, 0.3) is 12.2 Å². The van der Waals surface area contributed by atoms with E-state index in [1.54, 1.807) is 0 Å². The van der Waals surface area contributed by atoms with Crippen molar-refractivity contribution in [3.8, 4) is 0 Å². The van der Waals surface area contributed by atoms with Crippen LogP contribution in [0.5, 0.6) is 0 Å². The summed E-state index contributed by atoms with van der Waals surface area (Å²) < 4.78 is 2.34. The Bertz CT molecular complexity index is 498. The number of rotatable bonds is 3. The van der Waals surface area contributed by atoms with E-state index in [0.29, 0.717) is 6.04 Å². The second-order valence-corrected chi connectivity index (χ2v) is 4.18. The van der Waals surface area contributed by atoms with Crippen LogP contribution in [0, 0.1) is 6.92 Å². The van der Waals surface area contributed by atoms with Gasteiger partial charge in [-0.25, -0.2) is 0 Å². The molecule has 1 nitrogen and oxygen atoms in total. The largest absolute Gasteiger partial charge is 0.342 e. The van der Waals surface area contributed by atoms with E-state index in [-0.39, 0.29) is 0 Å². The monoisotopic (exact) mass is 215 g/mol. The number of aromatic nitrogens is 1. The van der Waals surface area contributed by atoms with Gasteiger partial charge in [-0.05, 0) is 45.1 Å². The number of hydrogen-bond acceptors (Lipinski definition) is 0. The zero-order valence-corrected chi connectivity index (χ0v) is 10.7. The van der Waals surface area contributed by atoms with Gasteiger partial charge in [0.1, 0.15) is 0 Å². The molecule has 1 rings (SSSR count). The van der Waals surface area contributed by atoms with Crippen molar-refractivity contribution < 1.29 is 0 Å². The van der Waals surface area contributed by atoms with Crippen molar-refractivity contribution in [2.75, 3.05) is 0 Å². The first-order valence-electron chi connectivity index (χ1n) is 5.75. The molecule has 0 atom stereocenters. The molecule has 0 saturated carbocycles. The fourth-order valence-electron chi connectivity index (χ4n) is 2.01. The summed E-state index contributed by atoms with van der Waals surface area (Å²) in [4.78, 5) is 0. The molecule has 1 aromatic heterocycles. The highest BCUT2D eigenvalue weighted by molar-refractivity contribution is 5.42. The second kappa shape index (κ2) is 5.55. The van der Waals surface area contributed by atoms with Gasteiger partial charge in [0.2, 0.25) is 0 Å². The highest BCUT2D eigenvalue weighted by Crippen LogP contribution is 2.03. The SMILES string of the molecule is C=C/C=c1/cc(C)n(C(C)C)/c1=C/C=C\C. The van der Waals surface area contributed by atoms with Crippen molar-refractivity contribution >= 4 is 12.2 Å². The Morgan fingerprint density at radius 2 is 2.00 bits per heavy atom. The van der Waals surface area contributed by atoms with E-state index in [1.807, 2.05) is 19.1 Å². The maximum absolute atomic E-state index is 3.76. The minimum Gasteiger partial charge on any atom is -0.342 e. The molecular formula is C15H21N. The lowest BCUT2D eigenvalue weighted by Gasteiger charge is -2.10. The molecule has 0 N–H and O–H groups in total. The molecule has 0 unspecified atom stereocenters. The van der Waals surface area contributed by atoms with Crippen molar-refractivity contribution in [1.82, 2.24) is 4.57 Å². The van der Waals surface area contributed by atoms with Crippen molar-refractivity contribution in [3.63, 3.8) is 0 Å². The van der Waals surface area contributed by atoms with Gasteiger partial charge in [0, 0.05) is 17.1 Å². The third-order valence-corrected chi connectivity index (χ3v) is 2.56. The highest BCUT2D eigenvalue weighted by Gasteiger charge is 2.03. The molecular weight excluding hydrogens is 194 g/mol. The fraction of sp³-hybridized carbons (Fsp3) is 0.333. The first kappa shape index (κ1) is 12.6. The molecule has 0 spiro atoms. The van der Waals surface area contributed by atoms with Gasteiger partial charge in [-0.3, -0.25) is 0 Å². The van der Waals surface area contributed by atoms with Crippen LogP contribution >= 0.6 is 0 Å². The molecule has 1 heteroatoms. The minimum absolute atomic E-state index is 0.475. The molecule has 0 aromatic carbocycles. The van der Waals surface area contributed by atoms with Crippen LogP contribution in [0.4, 0.5) is 0 Å². The molecule has 0 aliphatic heterocycles. The Hall–Kier alpha value is -1.50. The molecule has 86 valence electrons. The Kier molecular flexibility index (Phi) is 4.36. The third kappa shape index (κ3) is 2.54. The predicted molar refractivity (Wildman–Crippen MR) is 72.7 cm³/mol. The summed E-state index contributed by atoms with van der Waals surface area (Å²) in [5.74, 6) is 0. The van der Waals surface area contributed by atoms with Crippen LogP contribution in [-0.4, -0.2) is 4.57 Å². The quantitative estimate of drug-likeness (QED) is 0.730. The van der Waals surface area contributed by atoms with Crippen LogP contribution < -0.4 is 10.6 Å². The van der Waals surface area contributed by atoms with Gasteiger partial charge in [0.05, 0.1) is 0 Å². The van der Waals surface area contributed by atoms with Gasteiger partial charge < -0.3 is 4.57 Å². The van der Waals surface area contributed by atoms with E-state index in [1.165, 1.54) is 16.3 Å². The molecule has 0 amide bonds. The van der Waals surface area contributed by atoms with Crippen LogP contribution in [0.1, 0.15) is 32.5 Å². The number of allylic oxidation sites excluding steroid dienone is 3. The number of hydrogen-bond donors (Lipinski definition) is 0. The zero-order chi connectivity index (χ0) is 12.1. The van der Waals surface area contributed by atoms with Crippen molar-refractivity contribution in [3.05, 3.63) is 47.1 Å². The van der Waals surface area contributed by atoms with Gasteiger partial charge >= 0.3 is 0 Å². The molecule has 0 bridgehead atoms. The van der Waals surface area contributed by atoms with Crippen molar-refractivity contribution in [1.29, 1.82) is 0 Å². The first-order chi connectivity index (χ1) is 7.61. The Morgan fingerprint density at radius 1 is 1.31 bits per heavy atom. The van der Waals surface area contributed by atoms with Crippen LogP contribution in [-0.2, 0) is 0 Å². The van der Waals surface area contributed by atoms with Gasteiger partial charge in [-0.1, -0.05) is 30.9 Å². The van der Waals surface area contributed by atoms with Crippen LogP contribution in [0.15, 0.2) is 30.9 Å². The molecule has 16 heavy (non-hydrogen) atoms. The average Bonchev–Trinajstić information content (AvgIpc) is 2.52. The van der Waals surface area contributed by atoms with Gasteiger partial charge in [0.15, 0.2) is 0 Å². The molecule has 0 fully saturated rings. The highest BCUT2D eigenvalue weighted by atomic mass is 15.0. The third-order valence-electron chi connectivity index (χ3n) is 2.56. The van der Waals surface area contributed by atoms with E-state index in [4.69, 9.17) is 0 Å². The summed E-state index contributed by atoms with van der Waals surface area (Å²) >= 11 is 0. The van der Waals surface area contributed by atoms with E-state index in [0.717, 1.165) is 0 Å². The minimum atomic E-state index is 0.475. The summed E-state index contributed by atoms with van der Waals surface area (Å²) in [6.07, 6.45) is 10.2. The summed E-state index contributed by atoms with van der Waals surface area (Å²) in [6.45, 7) is 12.4. The lowest BCUT2D eigenvalue weighted by molar-refractivity contribution is 0.574. The van der Waals surface area contributed by atoms with Crippen LogP contribution in [0.2, 0.25) is 0 Å². The van der Waals surface area contributed by atoms with E-state index < -0.39 is 0 Å². The van der Waals surface area contributed by atoms with E-state index >= 15 is 0 Å². The molecule has 0 aliphatic rings. The average molecular weight is 215 g/mol. The summed E-state index contributed by atoms with van der Waals surface area (Å²) in [5, 5.41) is 2.49. The second-order valence-electron chi connectivity index (χ2n) is 4.18. The fourth-order valence-corrected chi connectivity index (χ4v) is 2.01. The van der Waals surface area contributed by atoms with Crippen molar-refractivity contribution in [2.24, 2.45) is 0 Å². The lowest BCUT2D eigenvalue weighted by Crippen LogP contribution is -2.30. The van der Waals surface area contributed by atoms with E-state index in [2.05, 4.69) is 56.2 Å². The lowest BCUT2D eigenvalue weighted by atomic mass is 10.3. The summed E-state index contributed by atoms with van der Waals surface area (Å²) in [6, 6.07) is 2.68. The van der Waals surface area contributed by atoms with Crippen LogP contribution in [0.3, 0.4) is 0 Å². The maximum atomic E-state index is 3.76. The smallest absolute Gasteiger partial charge is 0.0484 e. The molecule has 1 heterocycles. The van der Waals surface area contributed by atoms with Crippen molar-refractivity contribution in [2.45, 2.75) is 33.7 Å². The predicted octanol–water partition coefficient (Wildman–Crippen LogP) is 2.70. The summed E-state index contributed by atoms with van der Waals surface area (Å²) in [7, 11) is 0. The van der Waals surface area contributed by atoms with Gasteiger partial charge in [-0.15, -0.1) is 0 Å². The molecule has 0 aliphatic carbocycles. The number of nitrogens with zero attached hydrogens (tertiary/aromatic N) is 1. The van der Waals surface area contributed by atoms with E-state index in [9.17, 15) is 0 Å². The zero-order valence-electron chi connectivity index (χ0n) is 10.7. The Labute approximate surface area is 98.1 Å². The Morgan fingerprint density at radius 3 is 2.50 bits per heavy atom. The number of aryl methyl sites for hydroxylation is 1. The van der Waals surface area contributed by atoms with Gasteiger partial charge in [0.25, 0.3) is 0 Å². The molecule has 0 saturated heterocycles. The topological polar surface area (TPSA) is 4.93 Å². The normalized spacial score (nSPS) is 14.3. The molecule has 1 aromatic rings. The Balaban J connectivity index is 3.62. The first-order valence-corrected chi connectivity index (χ1v) is 5.75. The maximum Gasteiger partial charge on any atom is 0.0484 e. The standard InChI is InChI=1S/C15H21N/c1-6-8-10-15-14(9-7-2)11-13(5)16(15)12(3)4/h6-12H,2H2,1,3-5H3/b8-6-,14-9-,15-10+. The van der Waals surface area contributed by atoms with Gasteiger partial charge in [-0.2, -0.15) is 0 Å². The summed E-state index contributed by atoms with van der Waals surface area (Å²) in [5.41, 5.74) is 1.29.